The molecule has 0 bridgehead atoms. The van der Waals surface area contributed by atoms with Crippen molar-refractivity contribution in [3.05, 3.63) is 24.9 Å². The smallest absolute Gasteiger partial charge is 0.0670 e. The van der Waals surface area contributed by atoms with E-state index < -0.39 is 0 Å². The molecule has 0 heterocycles. The first kappa shape index (κ1) is 8.24. The van der Waals surface area contributed by atoms with E-state index in [-0.39, 0.29) is 0 Å². The van der Waals surface area contributed by atoms with Gasteiger partial charge in [0, 0.05) is 7.05 Å². The minimum atomic E-state index is 0.865. The summed E-state index contributed by atoms with van der Waals surface area (Å²) >= 11 is 0. The summed E-state index contributed by atoms with van der Waals surface area (Å²) in [5, 5.41) is 3.02. The van der Waals surface area contributed by atoms with Crippen LogP contribution in [0.25, 0.3) is 0 Å². The Morgan fingerprint density at radius 3 is 2.78 bits per heavy atom. The largest absolute Gasteiger partial charge is 0.368 e. The summed E-state index contributed by atoms with van der Waals surface area (Å²) in [4.78, 5) is 2.03. The Hall–Kier alpha value is -0.760. The molecule has 0 amide bonds. The molecule has 0 radical (unpaired) electrons. The SMILES string of the molecule is C=C/C=C\N(C)CNC. The van der Waals surface area contributed by atoms with Crippen molar-refractivity contribution in [2.24, 2.45) is 0 Å². The third-order valence-electron chi connectivity index (χ3n) is 0.884. The van der Waals surface area contributed by atoms with Crippen LogP contribution in [0, 0.1) is 0 Å². The van der Waals surface area contributed by atoms with Gasteiger partial charge in [-0.2, -0.15) is 0 Å². The van der Waals surface area contributed by atoms with Crippen LogP contribution in [0.2, 0.25) is 0 Å². The summed E-state index contributed by atoms with van der Waals surface area (Å²) in [6.07, 6.45) is 5.62. The summed E-state index contributed by atoms with van der Waals surface area (Å²) in [5.74, 6) is 0. The van der Waals surface area contributed by atoms with E-state index in [0.717, 1.165) is 6.67 Å². The average Bonchev–Trinajstić information content (AvgIpc) is 1.85. The number of hydrogen-bond acceptors (Lipinski definition) is 2. The van der Waals surface area contributed by atoms with Crippen LogP contribution in [0.5, 0.6) is 0 Å². The zero-order chi connectivity index (χ0) is 7.11. The van der Waals surface area contributed by atoms with Crippen LogP contribution < -0.4 is 5.32 Å². The monoisotopic (exact) mass is 126 g/mol. The highest BCUT2D eigenvalue weighted by Gasteiger charge is 1.81. The van der Waals surface area contributed by atoms with Gasteiger partial charge in [-0.15, -0.1) is 0 Å². The highest BCUT2D eigenvalue weighted by molar-refractivity contribution is 4.95. The van der Waals surface area contributed by atoms with Gasteiger partial charge in [0.1, 0.15) is 0 Å². The highest BCUT2D eigenvalue weighted by atomic mass is 15.2. The molecule has 0 unspecified atom stereocenters. The van der Waals surface area contributed by atoms with Crippen LogP contribution in [-0.2, 0) is 0 Å². The molecule has 2 heteroatoms. The Balaban J connectivity index is 3.35. The van der Waals surface area contributed by atoms with Crippen LogP contribution in [0.4, 0.5) is 0 Å². The van der Waals surface area contributed by atoms with Crippen LogP contribution in [0.3, 0.4) is 0 Å². The molecule has 0 aliphatic rings. The van der Waals surface area contributed by atoms with Crippen LogP contribution in [0.15, 0.2) is 24.9 Å². The first-order chi connectivity index (χ1) is 4.31. The fourth-order valence-electron chi connectivity index (χ4n) is 0.510. The van der Waals surface area contributed by atoms with Crippen molar-refractivity contribution in [2.75, 3.05) is 20.8 Å². The first-order valence-electron chi connectivity index (χ1n) is 2.95. The van der Waals surface area contributed by atoms with Crippen LogP contribution in [-0.4, -0.2) is 25.7 Å². The lowest BCUT2D eigenvalue weighted by Crippen LogP contribution is -2.23. The highest BCUT2D eigenvalue weighted by Crippen LogP contribution is 1.79. The standard InChI is InChI=1S/C7H14N2/c1-4-5-6-9(3)7-8-2/h4-6,8H,1,7H2,2-3H3/b6-5-. The molecular weight excluding hydrogens is 112 g/mol. The van der Waals surface area contributed by atoms with Crippen molar-refractivity contribution < 1.29 is 0 Å². The molecule has 0 aromatic rings. The second-order valence-electron chi connectivity index (χ2n) is 1.85. The van der Waals surface area contributed by atoms with E-state index >= 15 is 0 Å². The Morgan fingerprint density at radius 1 is 1.67 bits per heavy atom. The van der Waals surface area contributed by atoms with Crippen LogP contribution >= 0.6 is 0 Å². The zero-order valence-electron chi connectivity index (χ0n) is 6.09. The molecule has 0 saturated heterocycles. The summed E-state index contributed by atoms with van der Waals surface area (Å²) in [6, 6.07) is 0. The number of nitrogens with zero attached hydrogens (tertiary/aromatic N) is 1. The van der Waals surface area contributed by atoms with E-state index in [1.807, 2.05) is 31.3 Å². The fraction of sp³-hybridized carbons (Fsp3) is 0.429. The van der Waals surface area contributed by atoms with Crippen molar-refractivity contribution in [3.63, 3.8) is 0 Å². The average molecular weight is 126 g/mol. The predicted molar refractivity (Wildman–Crippen MR) is 41.0 cm³/mol. The molecule has 0 aliphatic heterocycles. The molecule has 0 fully saturated rings. The molecule has 0 rings (SSSR count). The Labute approximate surface area is 56.9 Å². The summed E-state index contributed by atoms with van der Waals surface area (Å²) in [7, 11) is 3.91. The molecule has 1 N–H and O–H groups in total. The maximum atomic E-state index is 3.56. The normalized spacial score (nSPS) is 10.0. The summed E-state index contributed by atoms with van der Waals surface area (Å²) in [6.45, 7) is 4.42. The molecule has 2 nitrogen and oxygen atoms in total. The molecule has 0 aliphatic carbocycles. The Bertz CT molecular complexity index is 97.1. The van der Waals surface area contributed by atoms with Crippen molar-refractivity contribution in [3.8, 4) is 0 Å². The fourth-order valence-corrected chi connectivity index (χ4v) is 0.510. The van der Waals surface area contributed by atoms with Gasteiger partial charge in [-0.1, -0.05) is 12.7 Å². The van der Waals surface area contributed by atoms with Gasteiger partial charge in [0.05, 0.1) is 6.67 Å². The third-order valence-corrected chi connectivity index (χ3v) is 0.884. The van der Waals surface area contributed by atoms with Gasteiger partial charge in [0.25, 0.3) is 0 Å². The summed E-state index contributed by atoms with van der Waals surface area (Å²) in [5.41, 5.74) is 0. The number of rotatable bonds is 4. The topological polar surface area (TPSA) is 15.3 Å². The van der Waals surface area contributed by atoms with Gasteiger partial charge in [0.15, 0.2) is 0 Å². The van der Waals surface area contributed by atoms with E-state index in [4.69, 9.17) is 0 Å². The van der Waals surface area contributed by atoms with E-state index in [1.165, 1.54) is 0 Å². The zero-order valence-corrected chi connectivity index (χ0v) is 6.09. The minimum Gasteiger partial charge on any atom is -0.368 e. The number of allylic oxidation sites excluding steroid dienone is 2. The van der Waals surface area contributed by atoms with Gasteiger partial charge in [-0.25, -0.2) is 0 Å². The number of hydrogen-bond donors (Lipinski definition) is 1. The van der Waals surface area contributed by atoms with Gasteiger partial charge in [-0.05, 0) is 19.3 Å². The Morgan fingerprint density at radius 2 is 2.33 bits per heavy atom. The molecule has 0 aromatic carbocycles. The van der Waals surface area contributed by atoms with Gasteiger partial charge < -0.3 is 10.2 Å². The Kier molecular flexibility index (Phi) is 4.92. The molecule has 9 heavy (non-hydrogen) atoms. The quantitative estimate of drug-likeness (QED) is 0.442. The van der Waals surface area contributed by atoms with E-state index in [0.29, 0.717) is 0 Å². The first-order valence-corrected chi connectivity index (χ1v) is 2.95. The molecular formula is C7H14N2. The van der Waals surface area contributed by atoms with Crippen molar-refractivity contribution in [1.82, 2.24) is 10.2 Å². The third kappa shape index (κ3) is 5.11. The van der Waals surface area contributed by atoms with Crippen molar-refractivity contribution >= 4 is 0 Å². The van der Waals surface area contributed by atoms with Gasteiger partial charge in [-0.3, -0.25) is 0 Å². The van der Waals surface area contributed by atoms with E-state index in [2.05, 4.69) is 11.9 Å². The lowest BCUT2D eigenvalue weighted by molar-refractivity contribution is 0.427. The molecule has 0 spiro atoms. The van der Waals surface area contributed by atoms with Gasteiger partial charge >= 0.3 is 0 Å². The molecule has 0 atom stereocenters. The van der Waals surface area contributed by atoms with E-state index in [1.54, 1.807) is 6.08 Å². The second kappa shape index (κ2) is 5.38. The molecule has 52 valence electrons. The van der Waals surface area contributed by atoms with E-state index in [9.17, 15) is 0 Å². The summed E-state index contributed by atoms with van der Waals surface area (Å²) < 4.78 is 0. The van der Waals surface area contributed by atoms with Crippen molar-refractivity contribution in [2.45, 2.75) is 0 Å². The maximum absolute atomic E-state index is 3.56. The maximum Gasteiger partial charge on any atom is 0.0670 e. The van der Waals surface area contributed by atoms with Gasteiger partial charge in [0.2, 0.25) is 0 Å². The van der Waals surface area contributed by atoms with Crippen LogP contribution in [0.1, 0.15) is 0 Å². The lowest BCUT2D eigenvalue weighted by Gasteiger charge is -2.11. The lowest BCUT2D eigenvalue weighted by atomic mass is 10.6. The number of nitrogens with one attached hydrogen (secondary N) is 1. The van der Waals surface area contributed by atoms with Crippen molar-refractivity contribution in [1.29, 1.82) is 0 Å². The molecule has 0 aromatic heterocycles. The minimum absolute atomic E-state index is 0.865. The predicted octanol–water partition coefficient (Wildman–Crippen LogP) is 0.795. The molecule has 0 saturated carbocycles. The second-order valence-corrected chi connectivity index (χ2v) is 1.85.